The lowest BCUT2D eigenvalue weighted by atomic mass is 9.74. The molecule has 2 aliphatic heterocycles. The van der Waals surface area contributed by atoms with Crippen LogP contribution in [-0.4, -0.2) is 23.6 Å². The number of aliphatic hydroxyl groups excluding tert-OH is 1. The molecule has 2 aliphatic carbocycles. The number of rotatable bonds is 6. The van der Waals surface area contributed by atoms with Gasteiger partial charge in [0.1, 0.15) is 23.4 Å². The first-order valence-corrected chi connectivity index (χ1v) is 12.9. The van der Waals surface area contributed by atoms with Crippen molar-refractivity contribution in [3.05, 3.63) is 123 Å². The lowest BCUT2D eigenvalue weighted by Gasteiger charge is -2.36. The minimum atomic E-state index is -0.352. The molecule has 1 atom stereocenters. The van der Waals surface area contributed by atoms with E-state index in [-0.39, 0.29) is 17.6 Å². The van der Waals surface area contributed by atoms with Crippen LogP contribution in [0.1, 0.15) is 46.1 Å². The molecule has 4 aliphatic rings. The molecule has 0 aromatic heterocycles. The normalized spacial score (nSPS) is 23.1. The monoisotopic (exact) mass is 496 g/mol. The maximum absolute atomic E-state index is 13.1. The molecule has 5 nitrogen and oxygen atoms in total. The number of aliphatic hydroxyl groups is 1. The Hall–Kier alpha value is -3.83. The van der Waals surface area contributed by atoms with E-state index in [1.54, 1.807) is 19.4 Å². The highest BCUT2D eigenvalue weighted by molar-refractivity contribution is 6.20. The third-order valence-electron chi connectivity index (χ3n) is 7.48. The zero-order valence-corrected chi connectivity index (χ0v) is 21.7. The fourth-order valence-electron chi connectivity index (χ4n) is 5.11. The maximum atomic E-state index is 13.1. The van der Waals surface area contributed by atoms with Crippen molar-refractivity contribution >= 4 is 11.5 Å². The summed E-state index contributed by atoms with van der Waals surface area (Å²) in [5, 5.41) is 10.9. The topological polar surface area (TPSA) is 65.0 Å². The van der Waals surface area contributed by atoms with Crippen molar-refractivity contribution in [1.82, 2.24) is 0 Å². The number of carbonyl (C=O) groups excluding carboxylic acids is 1. The van der Waals surface area contributed by atoms with E-state index in [0.717, 1.165) is 40.7 Å². The van der Waals surface area contributed by atoms with Crippen LogP contribution < -0.4 is 0 Å². The number of benzene rings is 1. The fraction of sp³-hybridized carbons (Fsp3) is 0.281. The first-order valence-electron chi connectivity index (χ1n) is 12.9. The maximum Gasteiger partial charge on any atom is 0.196 e. The Bertz CT molecular complexity index is 1360. The number of ketones is 1. The molecule has 1 unspecified atom stereocenters. The van der Waals surface area contributed by atoms with E-state index in [4.69, 9.17) is 14.2 Å². The largest absolute Gasteiger partial charge is 0.507 e. The smallest absolute Gasteiger partial charge is 0.196 e. The third kappa shape index (κ3) is 4.34. The standard InChI is InChI=1S/C32H32O5/c1-5-21(6-2)18-36-24-12-13-25-28(27(24)22-14-16-35-17-15-22)26(29-30(33)20(4)31(29)34)19(3)32(37-25)23-10-8-7-9-11-23/h7-17,21,24,33H,5-6,18H2,1-4H3. The molecule has 0 fully saturated rings. The van der Waals surface area contributed by atoms with Crippen LogP contribution in [0, 0.1) is 5.92 Å². The summed E-state index contributed by atoms with van der Waals surface area (Å²) in [6.07, 6.45) is 12.7. The summed E-state index contributed by atoms with van der Waals surface area (Å²) in [5.41, 5.74) is 5.63. The van der Waals surface area contributed by atoms with Crippen LogP contribution in [0.15, 0.2) is 118 Å². The van der Waals surface area contributed by atoms with E-state index in [0.29, 0.717) is 40.8 Å². The zero-order chi connectivity index (χ0) is 26.1. The van der Waals surface area contributed by atoms with Gasteiger partial charge in [0.2, 0.25) is 0 Å². The van der Waals surface area contributed by atoms with Crippen LogP contribution in [0.2, 0.25) is 0 Å². The molecule has 0 saturated heterocycles. The van der Waals surface area contributed by atoms with Crippen LogP contribution in [0.3, 0.4) is 0 Å². The molecule has 37 heavy (non-hydrogen) atoms. The number of allylic oxidation sites excluding steroid dienone is 8. The lowest BCUT2D eigenvalue weighted by Crippen LogP contribution is -2.29. The van der Waals surface area contributed by atoms with E-state index < -0.39 is 0 Å². The number of carbonyl (C=O) groups is 1. The van der Waals surface area contributed by atoms with E-state index in [9.17, 15) is 9.90 Å². The molecule has 1 N–H and O–H groups in total. The van der Waals surface area contributed by atoms with E-state index >= 15 is 0 Å². The first kappa shape index (κ1) is 24.8. The molecular formula is C32H32O5. The van der Waals surface area contributed by atoms with Crippen LogP contribution in [0.4, 0.5) is 0 Å². The molecule has 0 saturated carbocycles. The van der Waals surface area contributed by atoms with E-state index in [1.165, 1.54) is 0 Å². The van der Waals surface area contributed by atoms with Crippen molar-refractivity contribution in [2.45, 2.75) is 46.6 Å². The van der Waals surface area contributed by atoms with Crippen LogP contribution >= 0.6 is 0 Å². The molecule has 0 bridgehead atoms. The Morgan fingerprint density at radius 1 is 0.946 bits per heavy atom. The summed E-state index contributed by atoms with van der Waals surface area (Å²) in [5.74, 6) is 1.61. The predicted molar refractivity (Wildman–Crippen MR) is 144 cm³/mol. The predicted octanol–water partition coefficient (Wildman–Crippen LogP) is 7.16. The highest BCUT2D eigenvalue weighted by Gasteiger charge is 2.41. The number of hydrogen-bond donors (Lipinski definition) is 1. The van der Waals surface area contributed by atoms with Gasteiger partial charge in [0.15, 0.2) is 5.78 Å². The molecule has 0 amide bonds. The van der Waals surface area contributed by atoms with E-state index in [1.807, 2.05) is 61.6 Å². The van der Waals surface area contributed by atoms with Gasteiger partial charge in [-0.1, -0.05) is 57.0 Å². The van der Waals surface area contributed by atoms with Gasteiger partial charge in [-0.2, -0.15) is 0 Å². The third-order valence-corrected chi connectivity index (χ3v) is 7.48. The Morgan fingerprint density at radius 2 is 1.65 bits per heavy atom. The summed E-state index contributed by atoms with van der Waals surface area (Å²) >= 11 is 0. The first-order chi connectivity index (χ1) is 18.0. The zero-order valence-electron chi connectivity index (χ0n) is 21.7. The van der Waals surface area contributed by atoms with Crippen molar-refractivity contribution in [2.24, 2.45) is 5.92 Å². The van der Waals surface area contributed by atoms with Gasteiger partial charge in [-0.3, -0.25) is 4.79 Å². The number of Topliss-reactive ketones (excluding diaryl/α,β-unsaturated/α-hetero) is 1. The number of ether oxygens (including phenoxy) is 3. The summed E-state index contributed by atoms with van der Waals surface area (Å²) in [6.45, 7) is 8.56. The van der Waals surface area contributed by atoms with Crippen molar-refractivity contribution < 1.29 is 24.1 Å². The van der Waals surface area contributed by atoms with Gasteiger partial charge < -0.3 is 19.3 Å². The highest BCUT2D eigenvalue weighted by atomic mass is 16.5. The van der Waals surface area contributed by atoms with Gasteiger partial charge in [-0.25, -0.2) is 0 Å². The Labute approximate surface area is 218 Å². The van der Waals surface area contributed by atoms with Gasteiger partial charge in [0.25, 0.3) is 0 Å². The summed E-state index contributed by atoms with van der Waals surface area (Å²) in [7, 11) is 0. The van der Waals surface area contributed by atoms with Gasteiger partial charge in [0.05, 0.1) is 24.7 Å². The second-order valence-corrected chi connectivity index (χ2v) is 9.62. The van der Waals surface area contributed by atoms with Crippen molar-refractivity contribution in [3.8, 4) is 0 Å². The molecule has 1 aromatic carbocycles. The summed E-state index contributed by atoms with van der Waals surface area (Å²) < 4.78 is 18.4. The Kier molecular flexibility index (Phi) is 6.90. The molecule has 190 valence electrons. The summed E-state index contributed by atoms with van der Waals surface area (Å²) in [6, 6.07) is 9.82. The van der Waals surface area contributed by atoms with Crippen molar-refractivity contribution in [1.29, 1.82) is 0 Å². The quantitative estimate of drug-likeness (QED) is 0.423. The van der Waals surface area contributed by atoms with Crippen molar-refractivity contribution in [3.63, 3.8) is 0 Å². The van der Waals surface area contributed by atoms with Gasteiger partial charge >= 0.3 is 0 Å². The van der Waals surface area contributed by atoms with Crippen LogP contribution in [0.5, 0.6) is 0 Å². The Balaban J connectivity index is 1.72. The average Bonchev–Trinajstić information content (AvgIpc) is 2.95. The second kappa shape index (κ2) is 10.3. The van der Waals surface area contributed by atoms with Gasteiger partial charge in [-0.05, 0) is 49.6 Å². The molecule has 5 rings (SSSR count). The number of hydrogen-bond acceptors (Lipinski definition) is 5. The van der Waals surface area contributed by atoms with E-state index in [2.05, 4.69) is 13.8 Å². The minimum absolute atomic E-state index is 0.0342. The Morgan fingerprint density at radius 3 is 2.30 bits per heavy atom. The van der Waals surface area contributed by atoms with Gasteiger partial charge in [0, 0.05) is 33.4 Å². The van der Waals surface area contributed by atoms with Crippen molar-refractivity contribution in [2.75, 3.05) is 6.61 Å². The molecule has 2 heterocycles. The average molecular weight is 497 g/mol. The molecule has 1 aromatic rings. The second-order valence-electron chi connectivity index (χ2n) is 9.62. The fourth-order valence-corrected chi connectivity index (χ4v) is 5.11. The van der Waals surface area contributed by atoms with Gasteiger partial charge in [-0.15, -0.1) is 0 Å². The lowest BCUT2D eigenvalue weighted by molar-refractivity contribution is -0.113. The molecule has 0 radical (unpaired) electrons. The molecule has 5 heteroatoms. The molecular weight excluding hydrogens is 464 g/mol. The minimum Gasteiger partial charge on any atom is -0.507 e. The van der Waals surface area contributed by atoms with Crippen LogP contribution in [-0.2, 0) is 19.0 Å². The summed E-state index contributed by atoms with van der Waals surface area (Å²) in [4.78, 5) is 13.1. The molecule has 0 spiro atoms. The van der Waals surface area contributed by atoms with Crippen LogP contribution in [0.25, 0.3) is 5.76 Å². The SMILES string of the molecule is CCC(CC)COC1C=CC2=C(C(=C3C(=O)C(C)=C3O)C(C)=C(c3ccccc3)O2)C1=C1C=COC=C1. The highest BCUT2D eigenvalue weighted by Crippen LogP contribution is 2.49.